The molecule has 12 heteroatoms. The van der Waals surface area contributed by atoms with Crippen molar-refractivity contribution in [3.63, 3.8) is 0 Å². The van der Waals surface area contributed by atoms with Crippen LogP contribution in [0.25, 0.3) is 22.3 Å². The van der Waals surface area contributed by atoms with Gasteiger partial charge < -0.3 is 21.0 Å². The average molecular weight is 525 g/mol. The van der Waals surface area contributed by atoms with Gasteiger partial charge in [-0.15, -0.1) is 10.2 Å². The molecule has 6 rings (SSSR count). The third-order valence-electron chi connectivity index (χ3n) is 7.12. The predicted octanol–water partition coefficient (Wildman–Crippen LogP) is -0.255. The molecule has 2 aromatic carbocycles. The number of hydrogen-bond donors (Lipinski definition) is 2. The van der Waals surface area contributed by atoms with Gasteiger partial charge in [-0.2, -0.15) is 5.21 Å². The number of aromatic amines is 1. The van der Waals surface area contributed by atoms with E-state index in [4.69, 9.17) is 14.2 Å². The van der Waals surface area contributed by atoms with Gasteiger partial charge in [-0.3, -0.25) is 9.59 Å². The number of benzene rings is 2. The van der Waals surface area contributed by atoms with Crippen molar-refractivity contribution in [1.29, 1.82) is 0 Å². The number of aromatic nitrogens is 5. The number of rotatable bonds is 5. The smallest absolute Gasteiger partial charge is 1.00 e. The molecule has 1 spiro atoms. The number of fused-ring (bicyclic) bond motifs is 2. The van der Waals surface area contributed by atoms with Gasteiger partial charge >= 0.3 is 29.6 Å². The van der Waals surface area contributed by atoms with Crippen LogP contribution in [0.2, 0.25) is 0 Å². The molecule has 2 aliphatic rings. The Labute approximate surface area is 241 Å². The van der Waals surface area contributed by atoms with Crippen molar-refractivity contribution in [3.8, 4) is 28.6 Å². The summed E-state index contributed by atoms with van der Waals surface area (Å²) in [6, 6.07) is 12.2. The number of ketones is 2. The SMILES string of the molecule is COc1cc(C(=O)[C@H]2C(=O)c3cc(-c4nn[nH]n4)ccc3OC23CCNCC3)nc2c(OC)cccc12.[H-].[Na+]. The summed E-state index contributed by atoms with van der Waals surface area (Å²) < 4.78 is 17.6. The van der Waals surface area contributed by atoms with Crippen molar-refractivity contribution < 1.29 is 54.8 Å². The Kier molecular flexibility index (Phi) is 7.19. The van der Waals surface area contributed by atoms with Crippen molar-refractivity contribution in [2.45, 2.75) is 18.4 Å². The van der Waals surface area contributed by atoms with Gasteiger partial charge in [0.25, 0.3) is 0 Å². The number of pyridine rings is 1. The number of H-pyrrole nitrogens is 1. The number of carbonyl (C=O) groups is 2. The first kappa shape index (κ1) is 26.2. The molecule has 4 aromatic rings. The molecule has 1 fully saturated rings. The Morgan fingerprint density at radius 1 is 1.11 bits per heavy atom. The zero-order valence-electron chi connectivity index (χ0n) is 22.3. The van der Waals surface area contributed by atoms with Crippen LogP contribution in [0, 0.1) is 5.92 Å². The van der Waals surface area contributed by atoms with E-state index in [0.29, 0.717) is 71.0 Å². The number of Topliss-reactive ketones (excluding diaryl/α,β-unsaturated/α-hetero) is 2. The van der Waals surface area contributed by atoms with Crippen LogP contribution in [0.1, 0.15) is 35.1 Å². The van der Waals surface area contributed by atoms with Crippen molar-refractivity contribution in [1.82, 2.24) is 30.9 Å². The van der Waals surface area contributed by atoms with Crippen LogP contribution in [-0.2, 0) is 0 Å². The summed E-state index contributed by atoms with van der Waals surface area (Å²) in [5.41, 5.74) is 0.495. The molecule has 2 aliphatic heterocycles. The van der Waals surface area contributed by atoms with E-state index in [9.17, 15) is 9.59 Å². The Morgan fingerprint density at radius 2 is 1.89 bits per heavy atom. The van der Waals surface area contributed by atoms with Crippen LogP contribution in [0.3, 0.4) is 0 Å². The van der Waals surface area contributed by atoms with Gasteiger partial charge in [0.15, 0.2) is 11.6 Å². The molecule has 0 unspecified atom stereocenters. The van der Waals surface area contributed by atoms with Crippen molar-refractivity contribution in [2.75, 3.05) is 27.3 Å². The van der Waals surface area contributed by atoms with Gasteiger partial charge in [0.05, 0.1) is 19.8 Å². The van der Waals surface area contributed by atoms with E-state index >= 15 is 0 Å². The minimum atomic E-state index is -1.09. The molecule has 4 heterocycles. The summed E-state index contributed by atoms with van der Waals surface area (Å²) in [5.74, 6) is -0.0820. The fraction of sp³-hybridized carbons (Fsp3) is 0.308. The number of tetrazole rings is 1. The number of ether oxygens (including phenoxy) is 3. The molecule has 0 saturated carbocycles. The second-order valence-corrected chi connectivity index (χ2v) is 9.09. The Hall–Kier alpha value is -3.38. The van der Waals surface area contributed by atoms with Crippen molar-refractivity contribution in [3.05, 3.63) is 53.7 Å². The molecule has 190 valence electrons. The summed E-state index contributed by atoms with van der Waals surface area (Å²) in [6.07, 6.45) is 0.991. The summed E-state index contributed by atoms with van der Waals surface area (Å²) >= 11 is 0. The average Bonchev–Trinajstić information content (AvgIpc) is 3.47. The summed E-state index contributed by atoms with van der Waals surface area (Å²) in [4.78, 5) is 32.9. The Balaban J connectivity index is 0.00000176. The molecule has 11 nitrogen and oxygen atoms in total. The molecular weight excluding hydrogens is 499 g/mol. The molecule has 2 N–H and O–H groups in total. The van der Waals surface area contributed by atoms with E-state index < -0.39 is 17.3 Å². The summed E-state index contributed by atoms with van der Waals surface area (Å²) in [5, 5.41) is 18.0. The third-order valence-corrected chi connectivity index (χ3v) is 7.12. The van der Waals surface area contributed by atoms with Crippen LogP contribution in [0.15, 0.2) is 42.5 Å². The topological polar surface area (TPSA) is 141 Å². The Morgan fingerprint density at radius 3 is 2.61 bits per heavy atom. The van der Waals surface area contributed by atoms with Crippen molar-refractivity contribution >= 4 is 22.5 Å². The van der Waals surface area contributed by atoms with Crippen LogP contribution < -0.4 is 49.1 Å². The second-order valence-electron chi connectivity index (χ2n) is 9.09. The molecule has 0 aliphatic carbocycles. The molecule has 0 radical (unpaired) electrons. The third kappa shape index (κ3) is 4.25. The number of para-hydroxylation sites is 1. The van der Waals surface area contributed by atoms with E-state index in [1.807, 2.05) is 12.1 Å². The zero-order valence-corrected chi connectivity index (χ0v) is 23.3. The van der Waals surface area contributed by atoms with Gasteiger partial charge in [-0.25, -0.2) is 4.98 Å². The van der Waals surface area contributed by atoms with Crippen LogP contribution in [0.5, 0.6) is 17.2 Å². The van der Waals surface area contributed by atoms with Gasteiger partial charge in [0, 0.05) is 29.9 Å². The van der Waals surface area contributed by atoms with E-state index in [-0.39, 0.29) is 42.5 Å². The molecule has 0 amide bonds. The fourth-order valence-corrected chi connectivity index (χ4v) is 5.30. The van der Waals surface area contributed by atoms with E-state index in [1.54, 1.807) is 30.3 Å². The molecule has 1 saturated heterocycles. The number of methoxy groups -OCH3 is 2. The summed E-state index contributed by atoms with van der Waals surface area (Å²) in [6.45, 7) is 1.24. The van der Waals surface area contributed by atoms with Crippen LogP contribution in [-0.4, -0.2) is 70.1 Å². The number of piperidine rings is 1. The van der Waals surface area contributed by atoms with Crippen molar-refractivity contribution in [2.24, 2.45) is 5.92 Å². The number of nitrogens with one attached hydrogen (secondary N) is 2. The maximum absolute atomic E-state index is 14.2. The number of hydrogen-bond acceptors (Lipinski definition) is 10. The first-order valence-corrected chi connectivity index (χ1v) is 11.9. The molecule has 1 atom stereocenters. The molecule has 2 aromatic heterocycles. The van der Waals surface area contributed by atoms with E-state index in [2.05, 4.69) is 30.9 Å². The van der Waals surface area contributed by atoms with Crippen LogP contribution in [0.4, 0.5) is 0 Å². The maximum atomic E-state index is 14.2. The normalized spacial score (nSPS) is 17.8. The minimum absolute atomic E-state index is 0. The minimum Gasteiger partial charge on any atom is -1.00 e. The van der Waals surface area contributed by atoms with Gasteiger partial charge in [0.2, 0.25) is 5.82 Å². The standard InChI is InChI=1S/C26H24N6O5.Na.H/c1-35-19-5-3-4-15-20(36-2)13-17(28-22(15)19)24(34)21-23(33)16-12-14(25-29-31-32-30-25)6-7-18(16)37-26(21)8-10-27-11-9-26;;/h3-7,12-13,21,27H,8-11H2,1-2H3,(H,29,30,31,32);;/q;+1;-1/t21-;;/m1../s1. The van der Waals surface area contributed by atoms with Gasteiger partial charge in [0.1, 0.15) is 40.0 Å². The molecular formula is C26H25N6NaO5. The quantitative estimate of drug-likeness (QED) is 0.204. The predicted molar refractivity (Wildman–Crippen MR) is 133 cm³/mol. The monoisotopic (exact) mass is 524 g/mol. The van der Waals surface area contributed by atoms with E-state index in [1.165, 1.54) is 14.2 Å². The Bertz CT molecular complexity index is 1530. The van der Waals surface area contributed by atoms with E-state index in [0.717, 1.165) is 0 Å². The van der Waals surface area contributed by atoms with Gasteiger partial charge in [-0.1, -0.05) is 6.07 Å². The zero-order chi connectivity index (χ0) is 25.6. The number of nitrogens with zero attached hydrogens (tertiary/aromatic N) is 4. The maximum Gasteiger partial charge on any atom is 1.00 e. The largest absolute Gasteiger partial charge is 1.00 e. The second kappa shape index (κ2) is 10.4. The summed E-state index contributed by atoms with van der Waals surface area (Å²) in [7, 11) is 3.07. The first-order chi connectivity index (χ1) is 18.0. The molecule has 38 heavy (non-hydrogen) atoms. The van der Waals surface area contributed by atoms with Gasteiger partial charge in [-0.05, 0) is 48.6 Å². The molecule has 0 bridgehead atoms. The number of carbonyl (C=O) groups excluding carboxylic acids is 2. The van der Waals surface area contributed by atoms with Crippen LogP contribution >= 0.6 is 0 Å². The first-order valence-electron chi connectivity index (χ1n) is 11.9. The fourth-order valence-electron chi connectivity index (χ4n) is 5.30.